The molecule has 0 aliphatic rings. The number of benzene rings is 1. The lowest BCUT2D eigenvalue weighted by atomic mass is 10.1. The largest absolute Gasteiger partial charge is 0.393 e. The van der Waals surface area contributed by atoms with Gasteiger partial charge in [0.05, 0.1) is 6.42 Å². The summed E-state index contributed by atoms with van der Waals surface area (Å²) in [7, 11) is 0. The highest BCUT2D eigenvalue weighted by Crippen LogP contribution is 2.23. The van der Waals surface area contributed by atoms with E-state index in [1.165, 1.54) is 0 Å². The molecule has 0 amide bonds. The third-order valence-electron chi connectivity index (χ3n) is 1.60. The maximum atomic E-state index is 12.8. The van der Waals surface area contributed by atoms with Crippen LogP contribution < -0.4 is 0 Å². The van der Waals surface area contributed by atoms with E-state index >= 15 is 0 Å². The zero-order valence-corrected chi connectivity index (χ0v) is 6.94. The summed E-state index contributed by atoms with van der Waals surface area (Å²) in [4.78, 5) is 10.2. The van der Waals surface area contributed by atoms with Gasteiger partial charge >= 0.3 is 6.18 Å². The Morgan fingerprint density at radius 1 is 1.29 bits per heavy atom. The number of carbonyl (C=O) groups is 1. The summed E-state index contributed by atoms with van der Waals surface area (Å²) in [6, 6.07) is 2.88. The number of carbonyl (C=O) groups excluding carboxylic acids is 1. The minimum absolute atomic E-state index is 0.0330. The minimum Gasteiger partial charge on any atom is -0.298 e. The van der Waals surface area contributed by atoms with Crippen LogP contribution in [-0.4, -0.2) is 12.5 Å². The predicted octanol–water partition coefficient (Wildman–Crippen LogP) is 2.74. The van der Waals surface area contributed by atoms with Gasteiger partial charge in [0, 0.05) is 5.56 Å². The molecule has 0 aliphatic carbocycles. The van der Waals surface area contributed by atoms with Gasteiger partial charge < -0.3 is 0 Å². The molecule has 5 heteroatoms. The minimum atomic E-state index is -4.47. The van der Waals surface area contributed by atoms with Gasteiger partial charge in [-0.2, -0.15) is 13.2 Å². The molecule has 0 radical (unpaired) electrons. The van der Waals surface area contributed by atoms with Gasteiger partial charge in [-0.1, -0.05) is 0 Å². The van der Waals surface area contributed by atoms with Crippen molar-refractivity contribution >= 4 is 6.29 Å². The van der Waals surface area contributed by atoms with Gasteiger partial charge in [0.25, 0.3) is 0 Å². The van der Waals surface area contributed by atoms with Crippen LogP contribution in [0.5, 0.6) is 0 Å². The summed E-state index contributed by atoms with van der Waals surface area (Å²) in [5.74, 6) is -0.951. The fourth-order valence-electron chi connectivity index (χ4n) is 1.02. The topological polar surface area (TPSA) is 17.1 Å². The molecule has 1 aromatic carbocycles. The molecule has 0 saturated heterocycles. The van der Waals surface area contributed by atoms with E-state index in [4.69, 9.17) is 0 Å². The predicted molar refractivity (Wildman–Crippen MR) is 41.5 cm³/mol. The Morgan fingerprint density at radius 2 is 1.93 bits per heavy atom. The van der Waals surface area contributed by atoms with Crippen LogP contribution >= 0.6 is 0 Å². The molecule has 14 heavy (non-hydrogen) atoms. The van der Waals surface area contributed by atoms with Gasteiger partial charge in [0.1, 0.15) is 12.1 Å². The highest BCUT2D eigenvalue weighted by Gasteiger charge is 2.29. The van der Waals surface area contributed by atoms with Crippen molar-refractivity contribution in [3.63, 3.8) is 0 Å². The SMILES string of the molecule is O=Cc1ccc(F)c(CC(F)(F)F)c1. The lowest BCUT2D eigenvalue weighted by Gasteiger charge is -2.07. The molecule has 0 spiro atoms. The van der Waals surface area contributed by atoms with Crippen LogP contribution in [0.15, 0.2) is 18.2 Å². The first-order valence-electron chi connectivity index (χ1n) is 3.73. The number of hydrogen-bond donors (Lipinski definition) is 0. The first-order chi connectivity index (χ1) is 6.42. The second kappa shape index (κ2) is 3.77. The van der Waals surface area contributed by atoms with E-state index in [1.54, 1.807) is 0 Å². The molecule has 1 rings (SSSR count). The fraction of sp³-hybridized carbons (Fsp3) is 0.222. The Labute approximate surface area is 77.3 Å². The average Bonchev–Trinajstić information content (AvgIpc) is 2.06. The van der Waals surface area contributed by atoms with Crippen LogP contribution in [0, 0.1) is 5.82 Å². The molecule has 0 aliphatic heterocycles. The average molecular weight is 206 g/mol. The molecule has 0 unspecified atom stereocenters. The smallest absolute Gasteiger partial charge is 0.298 e. The summed E-state index contributed by atoms with van der Waals surface area (Å²) in [5.41, 5.74) is -0.479. The maximum absolute atomic E-state index is 12.8. The Morgan fingerprint density at radius 3 is 2.43 bits per heavy atom. The lowest BCUT2D eigenvalue weighted by molar-refractivity contribution is -0.127. The molecular formula is C9H6F4O. The monoisotopic (exact) mass is 206 g/mol. The first kappa shape index (κ1) is 10.7. The van der Waals surface area contributed by atoms with Gasteiger partial charge in [-0.15, -0.1) is 0 Å². The van der Waals surface area contributed by atoms with Gasteiger partial charge in [0.15, 0.2) is 0 Å². The van der Waals surface area contributed by atoms with E-state index in [2.05, 4.69) is 0 Å². The van der Waals surface area contributed by atoms with E-state index < -0.39 is 24.0 Å². The van der Waals surface area contributed by atoms with E-state index in [1.807, 2.05) is 0 Å². The summed E-state index contributed by atoms with van der Waals surface area (Å²) in [5, 5.41) is 0. The molecular weight excluding hydrogens is 200 g/mol. The van der Waals surface area contributed by atoms with Crippen LogP contribution in [-0.2, 0) is 6.42 Å². The summed E-state index contributed by atoms with van der Waals surface area (Å²) in [6.07, 6.45) is -5.46. The van der Waals surface area contributed by atoms with E-state index in [9.17, 15) is 22.4 Å². The van der Waals surface area contributed by atoms with Gasteiger partial charge in [0.2, 0.25) is 0 Å². The Balaban J connectivity index is 3.01. The van der Waals surface area contributed by atoms with Crippen molar-refractivity contribution in [2.24, 2.45) is 0 Å². The van der Waals surface area contributed by atoms with Crippen LogP contribution in [0.25, 0.3) is 0 Å². The summed E-state index contributed by atoms with van der Waals surface area (Å²) in [6.45, 7) is 0. The molecule has 1 aromatic rings. The number of halogens is 4. The zero-order chi connectivity index (χ0) is 10.8. The second-order valence-corrected chi connectivity index (χ2v) is 2.76. The molecule has 76 valence electrons. The molecule has 0 heterocycles. The Bertz CT molecular complexity index is 343. The Kier molecular flexibility index (Phi) is 2.88. The standard InChI is InChI=1S/C9H6F4O/c10-8-2-1-6(5-14)3-7(8)4-9(11,12)13/h1-3,5H,4H2. The number of aldehydes is 1. The highest BCUT2D eigenvalue weighted by atomic mass is 19.4. The molecule has 0 bridgehead atoms. The third-order valence-corrected chi connectivity index (χ3v) is 1.60. The van der Waals surface area contributed by atoms with Gasteiger partial charge in [-0.05, 0) is 23.8 Å². The first-order valence-corrected chi connectivity index (χ1v) is 3.73. The number of rotatable bonds is 2. The molecule has 1 nitrogen and oxygen atoms in total. The van der Waals surface area contributed by atoms with Gasteiger partial charge in [-0.25, -0.2) is 4.39 Å². The van der Waals surface area contributed by atoms with Crippen LogP contribution in [0.3, 0.4) is 0 Å². The Hall–Kier alpha value is -1.39. The second-order valence-electron chi connectivity index (χ2n) is 2.76. The van der Waals surface area contributed by atoms with Crippen molar-refractivity contribution in [3.8, 4) is 0 Å². The van der Waals surface area contributed by atoms with Crippen LogP contribution in [0.1, 0.15) is 15.9 Å². The fourth-order valence-corrected chi connectivity index (χ4v) is 1.02. The zero-order valence-electron chi connectivity index (χ0n) is 6.94. The number of hydrogen-bond acceptors (Lipinski definition) is 1. The summed E-state index contributed by atoms with van der Waals surface area (Å²) >= 11 is 0. The van der Waals surface area contributed by atoms with Crippen molar-refractivity contribution in [1.29, 1.82) is 0 Å². The maximum Gasteiger partial charge on any atom is 0.393 e. The van der Waals surface area contributed by atoms with Gasteiger partial charge in [-0.3, -0.25) is 4.79 Å². The quantitative estimate of drug-likeness (QED) is 0.537. The molecule has 0 saturated carbocycles. The lowest BCUT2D eigenvalue weighted by Crippen LogP contribution is -2.13. The third kappa shape index (κ3) is 2.83. The van der Waals surface area contributed by atoms with Crippen LogP contribution in [0.4, 0.5) is 17.6 Å². The molecule has 0 aromatic heterocycles. The molecule has 0 atom stereocenters. The number of alkyl halides is 3. The summed E-state index contributed by atoms with van der Waals surface area (Å²) < 4.78 is 48.5. The van der Waals surface area contributed by atoms with E-state index in [0.29, 0.717) is 6.29 Å². The van der Waals surface area contributed by atoms with E-state index in [-0.39, 0.29) is 5.56 Å². The molecule has 0 fully saturated rings. The van der Waals surface area contributed by atoms with Crippen molar-refractivity contribution in [1.82, 2.24) is 0 Å². The van der Waals surface area contributed by atoms with Crippen molar-refractivity contribution in [2.75, 3.05) is 0 Å². The van der Waals surface area contributed by atoms with E-state index in [0.717, 1.165) is 18.2 Å². The molecule has 0 N–H and O–H groups in total. The van der Waals surface area contributed by atoms with Crippen molar-refractivity contribution in [2.45, 2.75) is 12.6 Å². The normalized spacial score (nSPS) is 11.4. The van der Waals surface area contributed by atoms with Crippen molar-refractivity contribution in [3.05, 3.63) is 35.1 Å². The van der Waals surface area contributed by atoms with Crippen molar-refractivity contribution < 1.29 is 22.4 Å². The highest BCUT2D eigenvalue weighted by molar-refractivity contribution is 5.74. The van der Waals surface area contributed by atoms with Crippen LogP contribution in [0.2, 0.25) is 0 Å².